The van der Waals surface area contributed by atoms with Crippen LogP contribution < -0.4 is 10.1 Å². The molecule has 1 amide bonds. The van der Waals surface area contributed by atoms with Crippen LogP contribution in [-0.4, -0.2) is 20.1 Å². The van der Waals surface area contributed by atoms with Crippen LogP contribution in [0.15, 0.2) is 58.3 Å². The number of rotatable bonds is 4. The average molecular weight is 273 g/mol. The van der Waals surface area contributed by atoms with Crippen LogP contribution >= 0.6 is 11.8 Å². The van der Waals surface area contributed by atoms with Crippen LogP contribution in [0.2, 0.25) is 0 Å². The molecule has 0 radical (unpaired) electrons. The number of hydrogen-bond donors (Lipinski definition) is 1. The average Bonchev–Trinajstić information content (AvgIpc) is 2.48. The van der Waals surface area contributed by atoms with Crippen LogP contribution in [0.1, 0.15) is 10.4 Å². The summed E-state index contributed by atoms with van der Waals surface area (Å²) in [6, 6.07) is 15.3. The van der Waals surface area contributed by atoms with Gasteiger partial charge in [0, 0.05) is 16.8 Å². The molecule has 2 aromatic rings. The van der Waals surface area contributed by atoms with Gasteiger partial charge in [0.2, 0.25) is 0 Å². The molecule has 0 aliphatic rings. The van der Waals surface area contributed by atoms with Gasteiger partial charge >= 0.3 is 0 Å². The molecule has 0 atom stereocenters. The molecule has 19 heavy (non-hydrogen) atoms. The Hall–Kier alpha value is -1.94. The zero-order valence-electron chi connectivity index (χ0n) is 10.8. The maximum Gasteiger partial charge on any atom is 0.252 e. The quantitative estimate of drug-likeness (QED) is 0.929. The van der Waals surface area contributed by atoms with E-state index in [-0.39, 0.29) is 5.91 Å². The van der Waals surface area contributed by atoms with Gasteiger partial charge in [0.15, 0.2) is 0 Å². The van der Waals surface area contributed by atoms with Gasteiger partial charge < -0.3 is 10.1 Å². The molecular weight excluding hydrogens is 258 g/mol. The van der Waals surface area contributed by atoms with E-state index >= 15 is 0 Å². The minimum absolute atomic E-state index is 0.0726. The van der Waals surface area contributed by atoms with E-state index in [0.717, 1.165) is 15.5 Å². The van der Waals surface area contributed by atoms with E-state index in [0.29, 0.717) is 5.56 Å². The van der Waals surface area contributed by atoms with Gasteiger partial charge in [0.1, 0.15) is 5.75 Å². The first-order valence-electron chi connectivity index (χ1n) is 5.87. The Bertz CT molecular complexity index is 567. The lowest BCUT2D eigenvalue weighted by atomic mass is 10.2. The molecule has 0 spiro atoms. The van der Waals surface area contributed by atoms with Crippen molar-refractivity contribution in [3.63, 3.8) is 0 Å². The number of methoxy groups -OCH3 is 1. The zero-order valence-corrected chi connectivity index (χ0v) is 11.7. The predicted octanol–water partition coefficient (Wildman–Crippen LogP) is 3.21. The molecule has 0 fully saturated rings. The lowest BCUT2D eigenvalue weighted by molar-refractivity contribution is 0.0960. The summed E-state index contributed by atoms with van der Waals surface area (Å²) in [4.78, 5) is 13.8. The third kappa shape index (κ3) is 3.29. The Morgan fingerprint density at radius 2 is 1.79 bits per heavy atom. The summed E-state index contributed by atoms with van der Waals surface area (Å²) in [6.45, 7) is 0. The van der Waals surface area contributed by atoms with E-state index in [4.69, 9.17) is 4.74 Å². The van der Waals surface area contributed by atoms with Crippen molar-refractivity contribution < 1.29 is 9.53 Å². The Morgan fingerprint density at radius 3 is 2.42 bits per heavy atom. The smallest absolute Gasteiger partial charge is 0.252 e. The standard InChI is InChI=1S/C15H15NO2S/c1-16-15(17)13-5-3-4-6-14(13)19-12-9-7-11(18-2)8-10-12/h3-10H,1-2H3,(H,16,17). The minimum Gasteiger partial charge on any atom is -0.497 e. The first kappa shape index (κ1) is 13.5. The SMILES string of the molecule is CNC(=O)c1ccccc1Sc1ccc(OC)cc1. The number of hydrogen-bond acceptors (Lipinski definition) is 3. The largest absolute Gasteiger partial charge is 0.497 e. The summed E-state index contributed by atoms with van der Waals surface area (Å²) in [7, 11) is 3.28. The highest BCUT2D eigenvalue weighted by Gasteiger charge is 2.10. The highest BCUT2D eigenvalue weighted by atomic mass is 32.2. The number of amides is 1. The van der Waals surface area contributed by atoms with Crippen LogP contribution in [-0.2, 0) is 0 Å². The first-order chi connectivity index (χ1) is 9.24. The molecule has 2 aromatic carbocycles. The molecule has 0 saturated heterocycles. The van der Waals surface area contributed by atoms with E-state index < -0.39 is 0 Å². The van der Waals surface area contributed by atoms with Crippen molar-refractivity contribution in [2.45, 2.75) is 9.79 Å². The van der Waals surface area contributed by atoms with Crippen LogP contribution in [0.3, 0.4) is 0 Å². The highest BCUT2D eigenvalue weighted by Crippen LogP contribution is 2.31. The summed E-state index contributed by atoms with van der Waals surface area (Å²) >= 11 is 1.56. The number of nitrogens with one attached hydrogen (secondary N) is 1. The van der Waals surface area contributed by atoms with Crippen molar-refractivity contribution in [3.8, 4) is 5.75 Å². The maximum absolute atomic E-state index is 11.8. The van der Waals surface area contributed by atoms with Crippen LogP contribution in [0.5, 0.6) is 5.75 Å². The number of carbonyl (C=O) groups is 1. The second-order valence-electron chi connectivity index (χ2n) is 3.85. The van der Waals surface area contributed by atoms with Gasteiger partial charge in [-0.05, 0) is 36.4 Å². The molecule has 1 N–H and O–H groups in total. The Labute approximate surface area is 117 Å². The van der Waals surface area contributed by atoms with Gasteiger partial charge in [-0.3, -0.25) is 4.79 Å². The molecule has 3 nitrogen and oxygen atoms in total. The lowest BCUT2D eigenvalue weighted by Crippen LogP contribution is -2.18. The molecule has 2 rings (SSSR count). The van der Waals surface area contributed by atoms with Crippen molar-refractivity contribution in [2.24, 2.45) is 0 Å². The van der Waals surface area contributed by atoms with Gasteiger partial charge in [-0.25, -0.2) is 0 Å². The molecular formula is C15H15NO2S. The van der Waals surface area contributed by atoms with Crippen LogP contribution in [0.4, 0.5) is 0 Å². The van der Waals surface area contributed by atoms with Gasteiger partial charge in [-0.15, -0.1) is 0 Å². The summed E-state index contributed by atoms with van der Waals surface area (Å²) in [5.41, 5.74) is 0.686. The fourth-order valence-electron chi connectivity index (χ4n) is 1.65. The Kier molecular flexibility index (Phi) is 4.47. The molecule has 4 heteroatoms. The summed E-state index contributed by atoms with van der Waals surface area (Å²) < 4.78 is 5.13. The van der Waals surface area contributed by atoms with Crippen molar-refractivity contribution in [1.82, 2.24) is 5.32 Å². The Morgan fingerprint density at radius 1 is 1.11 bits per heavy atom. The molecule has 0 aromatic heterocycles. The van der Waals surface area contributed by atoms with Crippen molar-refractivity contribution in [2.75, 3.05) is 14.2 Å². The van der Waals surface area contributed by atoms with Crippen molar-refractivity contribution >= 4 is 17.7 Å². The van der Waals surface area contributed by atoms with Gasteiger partial charge in [0.25, 0.3) is 5.91 Å². The Balaban J connectivity index is 2.25. The summed E-state index contributed by atoms with van der Waals surface area (Å²) in [5.74, 6) is 0.751. The number of benzene rings is 2. The fraction of sp³-hybridized carbons (Fsp3) is 0.133. The fourth-order valence-corrected chi connectivity index (χ4v) is 2.59. The van der Waals surface area contributed by atoms with E-state index in [1.54, 1.807) is 25.9 Å². The van der Waals surface area contributed by atoms with Crippen molar-refractivity contribution in [1.29, 1.82) is 0 Å². The van der Waals surface area contributed by atoms with Crippen molar-refractivity contribution in [3.05, 3.63) is 54.1 Å². The van der Waals surface area contributed by atoms with Gasteiger partial charge in [0.05, 0.1) is 12.7 Å². The predicted molar refractivity (Wildman–Crippen MR) is 76.9 cm³/mol. The molecule has 0 bridgehead atoms. The molecule has 98 valence electrons. The third-order valence-electron chi connectivity index (χ3n) is 2.65. The highest BCUT2D eigenvalue weighted by molar-refractivity contribution is 7.99. The third-order valence-corrected chi connectivity index (χ3v) is 3.73. The van der Waals surface area contributed by atoms with E-state index in [2.05, 4.69) is 5.32 Å². The molecule has 0 saturated carbocycles. The molecule has 0 heterocycles. The zero-order chi connectivity index (χ0) is 13.7. The van der Waals surface area contributed by atoms with Gasteiger partial charge in [-0.1, -0.05) is 23.9 Å². The second kappa shape index (κ2) is 6.29. The monoisotopic (exact) mass is 273 g/mol. The van der Waals surface area contributed by atoms with E-state index in [1.807, 2.05) is 48.5 Å². The number of ether oxygens (including phenoxy) is 1. The number of carbonyl (C=O) groups excluding carboxylic acids is 1. The minimum atomic E-state index is -0.0726. The summed E-state index contributed by atoms with van der Waals surface area (Å²) in [5, 5.41) is 2.65. The maximum atomic E-state index is 11.8. The van der Waals surface area contributed by atoms with Crippen LogP contribution in [0.25, 0.3) is 0 Å². The topological polar surface area (TPSA) is 38.3 Å². The lowest BCUT2D eigenvalue weighted by Gasteiger charge is -2.08. The van der Waals surface area contributed by atoms with Gasteiger partial charge in [-0.2, -0.15) is 0 Å². The normalized spacial score (nSPS) is 10.0. The van der Waals surface area contributed by atoms with E-state index in [1.165, 1.54) is 0 Å². The first-order valence-corrected chi connectivity index (χ1v) is 6.69. The second-order valence-corrected chi connectivity index (χ2v) is 4.97. The van der Waals surface area contributed by atoms with E-state index in [9.17, 15) is 4.79 Å². The molecule has 0 aliphatic heterocycles. The molecule has 0 aliphatic carbocycles. The van der Waals surface area contributed by atoms with Crippen LogP contribution in [0, 0.1) is 0 Å². The summed E-state index contributed by atoms with van der Waals surface area (Å²) in [6.07, 6.45) is 0. The molecule has 0 unspecified atom stereocenters.